The van der Waals surface area contributed by atoms with Gasteiger partial charge in [0, 0.05) is 12.0 Å². The summed E-state index contributed by atoms with van der Waals surface area (Å²) in [6, 6.07) is 5.13. The maximum atomic E-state index is 10.2. The third-order valence-electron chi connectivity index (χ3n) is 10.6. The Bertz CT molecular complexity index is 1520. The van der Waals surface area contributed by atoms with E-state index in [1.165, 1.54) is 44.1 Å². The first kappa shape index (κ1) is 34.6. The van der Waals surface area contributed by atoms with Gasteiger partial charge in [0.15, 0.2) is 5.82 Å². The highest BCUT2D eigenvalue weighted by Gasteiger charge is 2.50. The van der Waals surface area contributed by atoms with Crippen LogP contribution in [0.3, 0.4) is 0 Å². The summed E-state index contributed by atoms with van der Waals surface area (Å²) in [5.41, 5.74) is 15.6. The van der Waals surface area contributed by atoms with Gasteiger partial charge in [0.25, 0.3) is 0 Å². The molecule has 0 bridgehead atoms. The fourth-order valence-corrected chi connectivity index (χ4v) is 8.25. The lowest BCUT2D eigenvalue weighted by molar-refractivity contribution is 0.0862. The number of aromatic nitrogens is 3. The Balaban J connectivity index is 0.000000219. The van der Waals surface area contributed by atoms with Crippen LogP contribution in [0, 0.1) is 29.1 Å². The van der Waals surface area contributed by atoms with Gasteiger partial charge < -0.3 is 26.8 Å². The molecule has 4 aliphatic carbocycles. The number of nitrogens with zero attached hydrogens (tertiary/aromatic N) is 3. The molecule has 0 saturated heterocycles. The zero-order valence-electron chi connectivity index (χ0n) is 26.7. The number of hydrogen-bond acceptors (Lipinski definition) is 8. The van der Waals surface area contributed by atoms with Crippen molar-refractivity contribution >= 4 is 35.0 Å². The minimum atomic E-state index is -0.621. The number of anilines is 2. The smallest absolute Gasteiger partial charge is 0.242 e. The van der Waals surface area contributed by atoms with Crippen LogP contribution in [0.2, 0.25) is 10.0 Å². The van der Waals surface area contributed by atoms with E-state index < -0.39 is 12.2 Å². The molecule has 0 radical (unpaired) electrons. The Morgan fingerprint density at radius 2 is 1.83 bits per heavy atom. The zero-order valence-corrected chi connectivity index (χ0v) is 28.3. The predicted molar refractivity (Wildman–Crippen MR) is 186 cm³/mol. The van der Waals surface area contributed by atoms with E-state index in [0.717, 1.165) is 17.6 Å². The molecule has 0 amide bonds. The van der Waals surface area contributed by atoms with Gasteiger partial charge in [-0.05, 0) is 97.7 Å². The fourth-order valence-electron chi connectivity index (χ4n) is 7.86. The standard InChI is InChI=1S/C27H40O3.C9H7Cl2N5/c1-17(6-13-25(29)20-8-9-20)23-11-12-24-19(5-4-14-27(23,24)3)7-10-21-15-22(28)16-26(30)18(21)2;10-5-3-1-2-4(6(5)11)7-8(12)14-9(13)16-15-7/h6-7,10,13,17,20,22-26,28-30H,2,4-5,8-9,11-12,14-16H2,1,3H3;1-3H,(H4,12,13,14,16)/b13-6+,19-7+,21-10-;/t17-,22-,23-,24+,25-,26+,27-;/m1./s1. The number of rotatable bonds is 6. The molecule has 10 heteroatoms. The topological polar surface area (TPSA) is 151 Å². The van der Waals surface area contributed by atoms with E-state index in [9.17, 15) is 15.3 Å². The van der Waals surface area contributed by atoms with Crippen molar-refractivity contribution in [2.75, 3.05) is 11.5 Å². The first-order valence-electron chi connectivity index (χ1n) is 16.4. The summed E-state index contributed by atoms with van der Waals surface area (Å²) in [5, 5.41) is 38.6. The summed E-state index contributed by atoms with van der Waals surface area (Å²) in [7, 11) is 0. The largest absolute Gasteiger partial charge is 0.393 e. The number of benzene rings is 1. The number of aliphatic hydroxyl groups is 3. The molecule has 1 aromatic heterocycles. The minimum absolute atomic E-state index is 0.0133. The second-order valence-electron chi connectivity index (χ2n) is 13.7. The van der Waals surface area contributed by atoms with Crippen LogP contribution in [0.5, 0.6) is 0 Å². The Labute approximate surface area is 282 Å². The van der Waals surface area contributed by atoms with Crippen LogP contribution < -0.4 is 11.5 Å². The van der Waals surface area contributed by atoms with Crippen LogP contribution in [0.1, 0.15) is 71.6 Å². The maximum Gasteiger partial charge on any atom is 0.242 e. The second-order valence-corrected chi connectivity index (χ2v) is 14.5. The van der Waals surface area contributed by atoms with Crippen LogP contribution in [0.25, 0.3) is 11.3 Å². The van der Waals surface area contributed by atoms with Crippen molar-refractivity contribution in [2.45, 2.75) is 89.9 Å². The summed E-state index contributed by atoms with van der Waals surface area (Å²) in [5.74, 6) is 2.45. The fraction of sp³-hybridized carbons (Fsp3) is 0.528. The highest BCUT2D eigenvalue weighted by atomic mass is 35.5. The van der Waals surface area contributed by atoms with E-state index in [0.29, 0.717) is 63.2 Å². The van der Waals surface area contributed by atoms with Crippen molar-refractivity contribution in [3.8, 4) is 11.3 Å². The summed E-state index contributed by atoms with van der Waals surface area (Å²) >= 11 is 11.9. The summed E-state index contributed by atoms with van der Waals surface area (Å²) < 4.78 is 0. The number of aliphatic hydroxyl groups excluding tert-OH is 3. The molecule has 0 spiro atoms. The quantitative estimate of drug-likeness (QED) is 0.205. The van der Waals surface area contributed by atoms with Crippen LogP contribution in [-0.2, 0) is 0 Å². The molecule has 8 nitrogen and oxygen atoms in total. The average Bonchev–Trinajstić information content (AvgIpc) is 3.80. The predicted octanol–water partition coefficient (Wildman–Crippen LogP) is 7.10. The van der Waals surface area contributed by atoms with Gasteiger partial charge in [-0.1, -0.05) is 85.6 Å². The third-order valence-corrected chi connectivity index (χ3v) is 11.4. The zero-order chi connectivity index (χ0) is 33.2. The molecule has 248 valence electrons. The molecule has 4 saturated carbocycles. The first-order chi connectivity index (χ1) is 21.9. The van der Waals surface area contributed by atoms with Crippen molar-refractivity contribution in [1.82, 2.24) is 15.2 Å². The SMILES string of the molecule is C=C1/C(=C\C=C2/CCC[C@]3(C)[C@@H]([C@H](C)/C=C/[C@@H](O)C4CC4)CC[C@@H]23)C[C@@H](O)C[C@@H]1O.Nc1nnc(-c2cccc(Cl)c2Cl)c(N)n1. The van der Waals surface area contributed by atoms with Crippen LogP contribution in [0.4, 0.5) is 11.8 Å². The molecule has 4 aliphatic rings. The Kier molecular flexibility index (Phi) is 11.0. The average molecular weight is 669 g/mol. The molecule has 7 atom stereocenters. The molecule has 1 heterocycles. The molecular weight excluding hydrogens is 621 g/mol. The molecule has 0 aliphatic heterocycles. The minimum Gasteiger partial charge on any atom is -0.393 e. The Morgan fingerprint density at radius 3 is 2.54 bits per heavy atom. The summed E-state index contributed by atoms with van der Waals surface area (Å²) in [6.45, 7) is 8.88. The van der Waals surface area contributed by atoms with Gasteiger partial charge in [-0.2, -0.15) is 4.98 Å². The lowest BCUT2D eigenvalue weighted by atomic mass is 9.61. The van der Waals surface area contributed by atoms with Crippen molar-refractivity contribution in [3.63, 3.8) is 0 Å². The van der Waals surface area contributed by atoms with Gasteiger partial charge in [0.2, 0.25) is 5.95 Å². The van der Waals surface area contributed by atoms with Crippen molar-refractivity contribution in [3.05, 3.63) is 75.8 Å². The molecule has 2 aromatic rings. The molecule has 7 N–H and O–H groups in total. The lowest BCUT2D eigenvalue weighted by Crippen LogP contribution is -2.35. The van der Waals surface area contributed by atoms with E-state index in [1.54, 1.807) is 18.2 Å². The van der Waals surface area contributed by atoms with E-state index in [2.05, 4.69) is 59.9 Å². The van der Waals surface area contributed by atoms with E-state index in [1.807, 2.05) is 0 Å². The highest BCUT2D eigenvalue weighted by molar-refractivity contribution is 6.43. The Morgan fingerprint density at radius 1 is 1.07 bits per heavy atom. The van der Waals surface area contributed by atoms with Gasteiger partial charge in [-0.15, -0.1) is 10.2 Å². The Hall–Kier alpha value is -2.75. The number of nitrogens with two attached hydrogens (primary N) is 2. The van der Waals surface area contributed by atoms with Gasteiger partial charge >= 0.3 is 0 Å². The first-order valence-corrected chi connectivity index (χ1v) is 17.2. The monoisotopic (exact) mass is 667 g/mol. The van der Waals surface area contributed by atoms with Gasteiger partial charge in [0.1, 0.15) is 5.69 Å². The molecule has 0 unspecified atom stereocenters. The van der Waals surface area contributed by atoms with Crippen molar-refractivity contribution in [2.24, 2.45) is 29.1 Å². The molecule has 6 rings (SSSR count). The lowest BCUT2D eigenvalue weighted by Gasteiger charge is -2.44. The van der Waals surface area contributed by atoms with Crippen LogP contribution in [-0.4, -0.2) is 48.8 Å². The highest BCUT2D eigenvalue weighted by Crippen LogP contribution is 2.59. The van der Waals surface area contributed by atoms with Crippen LogP contribution in [0.15, 0.2) is 65.8 Å². The van der Waals surface area contributed by atoms with E-state index in [4.69, 9.17) is 34.7 Å². The van der Waals surface area contributed by atoms with Gasteiger partial charge in [-0.3, -0.25) is 0 Å². The van der Waals surface area contributed by atoms with E-state index >= 15 is 0 Å². The van der Waals surface area contributed by atoms with Gasteiger partial charge in [-0.25, -0.2) is 0 Å². The third kappa shape index (κ3) is 7.69. The molecule has 46 heavy (non-hydrogen) atoms. The number of halogens is 2. The number of fused-ring (bicyclic) bond motifs is 1. The number of hydrogen-bond donors (Lipinski definition) is 5. The normalized spacial score (nSPS) is 31.1. The molecule has 4 fully saturated rings. The maximum absolute atomic E-state index is 10.2. The number of allylic oxidation sites excluding steroid dienone is 4. The molecular formula is C36H47Cl2N5O3. The van der Waals surface area contributed by atoms with Crippen LogP contribution >= 0.6 is 23.2 Å². The number of nitrogen functional groups attached to an aromatic ring is 2. The van der Waals surface area contributed by atoms with Crippen molar-refractivity contribution in [1.29, 1.82) is 0 Å². The van der Waals surface area contributed by atoms with Gasteiger partial charge in [0.05, 0.1) is 28.4 Å². The second kappa shape index (κ2) is 14.6. The van der Waals surface area contributed by atoms with E-state index in [-0.39, 0.29) is 17.9 Å². The van der Waals surface area contributed by atoms with Crippen molar-refractivity contribution < 1.29 is 15.3 Å². The molecule has 1 aromatic carbocycles. The summed E-state index contributed by atoms with van der Waals surface area (Å²) in [6.07, 6.45) is 16.9. The summed E-state index contributed by atoms with van der Waals surface area (Å²) in [4.78, 5) is 3.80.